The van der Waals surface area contributed by atoms with E-state index in [4.69, 9.17) is 0 Å². The molecule has 3 heterocycles. The van der Waals surface area contributed by atoms with E-state index in [9.17, 15) is 9.18 Å². The highest BCUT2D eigenvalue weighted by atomic mass is 19.1. The zero-order valence-corrected chi connectivity index (χ0v) is 14.2. The predicted molar refractivity (Wildman–Crippen MR) is 92.5 cm³/mol. The average Bonchev–Trinajstić information content (AvgIpc) is 3.15. The van der Waals surface area contributed by atoms with Gasteiger partial charge in [-0.15, -0.1) is 0 Å². The number of hydrogen-bond donors (Lipinski definition) is 2. The van der Waals surface area contributed by atoms with Gasteiger partial charge in [-0.1, -0.05) is 5.92 Å². The van der Waals surface area contributed by atoms with E-state index in [-0.39, 0.29) is 11.8 Å². The third-order valence-corrected chi connectivity index (χ3v) is 4.64. The minimum absolute atomic E-state index is 0.232. The van der Waals surface area contributed by atoms with Crippen molar-refractivity contribution in [1.82, 2.24) is 25.5 Å². The molecule has 1 atom stereocenters. The first-order valence-electron chi connectivity index (χ1n) is 8.73. The highest BCUT2D eigenvalue weighted by Crippen LogP contribution is 2.30. The van der Waals surface area contributed by atoms with Crippen molar-refractivity contribution >= 4 is 11.9 Å². The molecule has 0 bridgehead atoms. The molecule has 2 N–H and O–H groups in total. The van der Waals surface area contributed by atoms with Gasteiger partial charge in [0.25, 0.3) is 5.91 Å². The molecule has 2 aromatic rings. The lowest BCUT2D eigenvalue weighted by atomic mass is 10.0. The van der Waals surface area contributed by atoms with Gasteiger partial charge in [-0.25, -0.2) is 14.4 Å². The molecule has 8 heteroatoms. The van der Waals surface area contributed by atoms with Crippen LogP contribution in [0.2, 0.25) is 0 Å². The summed E-state index contributed by atoms with van der Waals surface area (Å²) in [5.74, 6) is 6.06. The molecule has 1 amide bonds. The van der Waals surface area contributed by atoms with E-state index in [2.05, 4.69) is 37.3 Å². The van der Waals surface area contributed by atoms with Crippen LogP contribution in [0.5, 0.6) is 0 Å². The van der Waals surface area contributed by atoms with Gasteiger partial charge in [-0.2, -0.15) is 5.10 Å². The van der Waals surface area contributed by atoms with Crippen molar-refractivity contribution in [2.24, 2.45) is 5.92 Å². The van der Waals surface area contributed by atoms with Crippen LogP contribution in [0.15, 0.2) is 18.6 Å². The Hall–Kier alpha value is -2.95. The molecule has 26 heavy (non-hydrogen) atoms. The first-order chi connectivity index (χ1) is 12.7. The third kappa shape index (κ3) is 3.82. The minimum Gasteiger partial charge on any atom is -0.341 e. The number of H-pyrrole nitrogens is 1. The smallest absolute Gasteiger partial charge is 0.296 e. The fourth-order valence-corrected chi connectivity index (χ4v) is 3.08. The molecule has 2 aliphatic rings. The fraction of sp³-hybridized carbons (Fsp3) is 0.444. The van der Waals surface area contributed by atoms with Crippen molar-refractivity contribution in [3.05, 3.63) is 35.7 Å². The zero-order valence-electron chi connectivity index (χ0n) is 14.2. The Morgan fingerprint density at radius 3 is 2.88 bits per heavy atom. The maximum absolute atomic E-state index is 13.0. The number of aromatic nitrogens is 4. The molecule has 1 saturated carbocycles. The molecule has 1 aliphatic heterocycles. The van der Waals surface area contributed by atoms with Crippen LogP contribution in [0.4, 0.5) is 10.3 Å². The molecule has 0 spiro atoms. The van der Waals surface area contributed by atoms with Crippen LogP contribution in [-0.4, -0.2) is 39.2 Å². The Morgan fingerprint density at radius 2 is 2.12 bits per heavy atom. The summed E-state index contributed by atoms with van der Waals surface area (Å²) in [6.07, 6.45) is 7.20. The van der Waals surface area contributed by atoms with Gasteiger partial charge in [-0.05, 0) is 25.2 Å². The Labute approximate surface area is 150 Å². The van der Waals surface area contributed by atoms with Crippen molar-refractivity contribution in [3.8, 4) is 11.8 Å². The van der Waals surface area contributed by atoms with Crippen LogP contribution in [0.3, 0.4) is 0 Å². The summed E-state index contributed by atoms with van der Waals surface area (Å²) >= 11 is 0. The van der Waals surface area contributed by atoms with Gasteiger partial charge in [0, 0.05) is 42.7 Å². The van der Waals surface area contributed by atoms with E-state index in [0.29, 0.717) is 18.4 Å². The Kier molecular flexibility index (Phi) is 4.52. The molecular formula is C18H19FN6O. The fourth-order valence-electron chi connectivity index (χ4n) is 3.08. The largest absolute Gasteiger partial charge is 0.341 e. The molecule has 0 aromatic carbocycles. The lowest BCUT2D eigenvalue weighted by Gasteiger charge is -2.16. The molecule has 2 fully saturated rings. The van der Waals surface area contributed by atoms with Gasteiger partial charge in [0.2, 0.25) is 5.95 Å². The number of rotatable bonds is 4. The first-order valence-corrected chi connectivity index (χ1v) is 8.73. The maximum Gasteiger partial charge on any atom is 0.296 e. The molecule has 0 radical (unpaired) electrons. The summed E-state index contributed by atoms with van der Waals surface area (Å²) in [4.78, 5) is 21.9. The second-order valence-corrected chi connectivity index (χ2v) is 6.67. The number of carbonyl (C=O) groups excluding carboxylic acids is 1. The lowest BCUT2D eigenvalue weighted by molar-refractivity contribution is -0.115. The quantitative estimate of drug-likeness (QED) is 0.810. The van der Waals surface area contributed by atoms with E-state index in [1.165, 1.54) is 12.4 Å². The van der Waals surface area contributed by atoms with E-state index in [1.54, 1.807) is 6.20 Å². The van der Waals surface area contributed by atoms with E-state index in [0.717, 1.165) is 43.6 Å². The molecule has 2 aromatic heterocycles. The second-order valence-electron chi connectivity index (χ2n) is 6.67. The summed E-state index contributed by atoms with van der Waals surface area (Å²) in [6.45, 7) is 1.90. The zero-order chi connectivity index (χ0) is 17.9. The number of anilines is 1. The van der Waals surface area contributed by atoms with Crippen LogP contribution in [0.1, 0.15) is 36.4 Å². The number of nitrogens with one attached hydrogen (secondary N) is 2. The maximum atomic E-state index is 13.0. The molecule has 1 saturated heterocycles. The summed E-state index contributed by atoms with van der Waals surface area (Å²) in [6, 6.07) is 0. The van der Waals surface area contributed by atoms with Gasteiger partial charge in [0.1, 0.15) is 0 Å². The molecule has 1 unspecified atom stereocenters. The summed E-state index contributed by atoms with van der Waals surface area (Å²) in [5.41, 5.74) is 1.96. The topological polar surface area (TPSA) is 86.8 Å². The summed E-state index contributed by atoms with van der Waals surface area (Å²) in [5, 5.41) is 10.0. The molecule has 134 valence electrons. The third-order valence-electron chi connectivity index (χ3n) is 4.64. The lowest BCUT2D eigenvalue weighted by Crippen LogP contribution is -2.23. The Bertz CT molecular complexity index is 849. The van der Waals surface area contributed by atoms with Gasteiger partial charge < -0.3 is 10.2 Å². The Morgan fingerprint density at radius 1 is 1.31 bits per heavy atom. The summed E-state index contributed by atoms with van der Waals surface area (Å²) in [7, 11) is 0. The summed E-state index contributed by atoms with van der Waals surface area (Å²) < 4.78 is 13.0. The number of carbonyl (C=O) groups is 1. The predicted octanol–water partition coefficient (Wildman–Crippen LogP) is 1.36. The molecule has 7 nitrogen and oxygen atoms in total. The van der Waals surface area contributed by atoms with E-state index in [1.807, 2.05) is 4.90 Å². The Balaban J connectivity index is 1.37. The number of aromatic amines is 1. The first kappa shape index (κ1) is 16.5. The minimum atomic E-state index is -0.444. The monoisotopic (exact) mass is 354 g/mol. The standard InChI is InChI=1S/C18H19FN6O/c19-15-9-21-18(22-10-15)25-6-5-13(11-25)17-14(8-23-24-17)7-20-16(26)4-3-12-1-2-12/h8-10,12-13H,1-2,5-7,11H2,(H,20,26)(H,23,24). The molecular weight excluding hydrogens is 335 g/mol. The van der Waals surface area contributed by atoms with Crippen molar-refractivity contribution in [3.63, 3.8) is 0 Å². The van der Waals surface area contributed by atoms with E-state index >= 15 is 0 Å². The van der Waals surface area contributed by atoms with Crippen LogP contribution in [0.25, 0.3) is 0 Å². The van der Waals surface area contributed by atoms with Crippen molar-refractivity contribution in [2.45, 2.75) is 31.7 Å². The van der Waals surface area contributed by atoms with Crippen LogP contribution in [0, 0.1) is 23.6 Å². The second kappa shape index (κ2) is 7.12. The normalized spacial score (nSPS) is 19.1. The van der Waals surface area contributed by atoms with Crippen molar-refractivity contribution in [1.29, 1.82) is 0 Å². The van der Waals surface area contributed by atoms with E-state index < -0.39 is 5.82 Å². The van der Waals surface area contributed by atoms with Crippen LogP contribution < -0.4 is 10.2 Å². The van der Waals surface area contributed by atoms with Gasteiger partial charge in [-0.3, -0.25) is 9.89 Å². The number of halogens is 1. The number of nitrogens with zero attached hydrogens (tertiary/aromatic N) is 4. The van der Waals surface area contributed by atoms with Crippen molar-refractivity contribution < 1.29 is 9.18 Å². The molecule has 4 rings (SSSR count). The number of hydrogen-bond acceptors (Lipinski definition) is 5. The van der Waals surface area contributed by atoms with Crippen LogP contribution >= 0.6 is 0 Å². The van der Waals surface area contributed by atoms with Gasteiger partial charge >= 0.3 is 0 Å². The average molecular weight is 354 g/mol. The molecule has 1 aliphatic carbocycles. The number of amides is 1. The highest BCUT2D eigenvalue weighted by Gasteiger charge is 2.28. The van der Waals surface area contributed by atoms with Crippen molar-refractivity contribution in [2.75, 3.05) is 18.0 Å². The SMILES string of the molecule is O=C(C#CC1CC1)NCc1cn[nH]c1C1CCN(c2ncc(F)cn2)C1. The highest BCUT2D eigenvalue weighted by molar-refractivity contribution is 5.93. The van der Waals surface area contributed by atoms with Crippen LogP contribution in [-0.2, 0) is 11.3 Å². The van der Waals surface area contributed by atoms with Gasteiger partial charge in [0.15, 0.2) is 5.82 Å². The van der Waals surface area contributed by atoms with Gasteiger partial charge in [0.05, 0.1) is 18.6 Å².